The van der Waals surface area contributed by atoms with Gasteiger partial charge in [0.25, 0.3) is 0 Å². The number of aliphatic hydroxyl groups is 1. The van der Waals surface area contributed by atoms with Crippen molar-refractivity contribution in [3.05, 3.63) is 41.2 Å². The highest BCUT2D eigenvalue weighted by Gasteiger charge is 2.19. The zero-order valence-corrected chi connectivity index (χ0v) is 11.6. The summed E-state index contributed by atoms with van der Waals surface area (Å²) >= 11 is 5.98. The number of aromatic nitrogens is 3. The van der Waals surface area contributed by atoms with Crippen LogP contribution in [0.4, 0.5) is 0 Å². The third-order valence-electron chi connectivity index (χ3n) is 2.58. The molecule has 19 heavy (non-hydrogen) atoms. The summed E-state index contributed by atoms with van der Waals surface area (Å²) in [6.45, 7) is 4.30. The van der Waals surface area contributed by atoms with Crippen LogP contribution in [0, 0.1) is 0 Å². The second-order valence-electron chi connectivity index (χ2n) is 4.70. The van der Waals surface area contributed by atoms with E-state index in [-0.39, 0.29) is 0 Å². The van der Waals surface area contributed by atoms with E-state index in [9.17, 15) is 5.11 Å². The molecule has 1 N–H and O–H groups in total. The van der Waals surface area contributed by atoms with Crippen LogP contribution in [0.2, 0.25) is 5.02 Å². The Balaban J connectivity index is 1.90. The van der Waals surface area contributed by atoms with Crippen LogP contribution in [0.3, 0.4) is 0 Å². The Hall–Kier alpha value is -1.59. The molecule has 1 aromatic carbocycles. The van der Waals surface area contributed by atoms with Gasteiger partial charge >= 0.3 is 0 Å². The highest BCUT2D eigenvalue weighted by atomic mass is 35.5. The number of ether oxygens (including phenoxy) is 1. The standard InChI is InChI=1S/C13H16ClN3O2/c1-13(2,18)12-9-17(16-15-12)7-8-19-11-6-4-3-5-10(11)14/h3-6,9,18H,7-8H2,1-2H3. The minimum absolute atomic E-state index is 0.429. The number of para-hydroxylation sites is 1. The zero-order valence-electron chi connectivity index (χ0n) is 10.9. The van der Waals surface area contributed by atoms with Crippen molar-refractivity contribution in [2.24, 2.45) is 0 Å². The van der Waals surface area contributed by atoms with Gasteiger partial charge in [0.15, 0.2) is 0 Å². The molecule has 0 aliphatic rings. The molecule has 0 saturated heterocycles. The molecular weight excluding hydrogens is 266 g/mol. The van der Waals surface area contributed by atoms with E-state index in [4.69, 9.17) is 16.3 Å². The molecule has 0 bridgehead atoms. The summed E-state index contributed by atoms with van der Waals surface area (Å²) in [4.78, 5) is 0. The molecule has 5 nitrogen and oxygen atoms in total. The molecule has 1 aromatic heterocycles. The van der Waals surface area contributed by atoms with Gasteiger partial charge in [0.1, 0.15) is 23.7 Å². The molecule has 2 rings (SSSR count). The van der Waals surface area contributed by atoms with Gasteiger partial charge in [-0.1, -0.05) is 28.9 Å². The Morgan fingerprint density at radius 1 is 1.37 bits per heavy atom. The summed E-state index contributed by atoms with van der Waals surface area (Å²) in [6, 6.07) is 7.30. The van der Waals surface area contributed by atoms with Gasteiger partial charge in [-0.15, -0.1) is 5.10 Å². The zero-order chi connectivity index (χ0) is 13.9. The quantitative estimate of drug-likeness (QED) is 0.913. The molecule has 0 aliphatic heterocycles. The number of rotatable bonds is 5. The Bertz CT molecular complexity index is 549. The maximum Gasteiger partial charge on any atom is 0.137 e. The highest BCUT2D eigenvalue weighted by molar-refractivity contribution is 6.32. The second kappa shape index (κ2) is 5.59. The maximum absolute atomic E-state index is 9.78. The van der Waals surface area contributed by atoms with E-state index < -0.39 is 5.60 Å². The van der Waals surface area contributed by atoms with E-state index in [1.54, 1.807) is 30.8 Å². The second-order valence-corrected chi connectivity index (χ2v) is 5.11. The Labute approximate surface area is 116 Å². The molecule has 0 atom stereocenters. The Morgan fingerprint density at radius 2 is 2.11 bits per heavy atom. The van der Waals surface area contributed by atoms with Crippen LogP contribution >= 0.6 is 11.6 Å². The first-order chi connectivity index (χ1) is 8.97. The summed E-state index contributed by atoms with van der Waals surface area (Å²) in [7, 11) is 0. The van der Waals surface area contributed by atoms with Crippen molar-refractivity contribution in [2.75, 3.05) is 6.61 Å². The average molecular weight is 282 g/mol. The van der Waals surface area contributed by atoms with E-state index >= 15 is 0 Å². The summed E-state index contributed by atoms with van der Waals surface area (Å²) in [6.07, 6.45) is 1.70. The fourth-order valence-corrected chi connectivity index (χ4v) is 1.69. The largest absolute Gasteiger partial charge is 0.490 e. The van der Waals surface area contributed by atoms with Crippen LogP contribution in [0.25, 0.3) is 0 Å². The number of nitrogens with zero attached hydrogens (tertiary/aromatic N) is 3. The molecular formula is C13H16ClN3O2. The van der Waals surface area contributed by atoms with Gasteiger partial charge in [0.2, 0.25) is 0 Å². The van der Waals surface area contributed by atoms with Crippen LogP contribution in [-0.2, 0) is 12.1 Å². The SMILES string of the molecule is CC(C)(O)c1cn(CCOc2ccccc2Cl)nn1. The van der Waals surface area contributed by atoms with Gasteiger partial charge in [-0.05, 0) is 26.0 Å². The third-order valence-corrected chi connectivity index (χ3v) is 2.89. The van der Waals surface area contributed by atoms with Gasteiger partial charge in [-0.2, -0.15) is 0 Å². The third kappa shape index (κ3) is 3.68. The molecule has 0 spiro atoms. The van der Waals surface area contributed by atoms with E-state index in [0.29, 0.717) is 29.6 Å². The van der Waals surface area contributed by atoms with Crippen molar-refractivity contribution in [3.63, 3.8) is 0 Å². The monoisotopic (exact) mass is 281 g/mol. The maximum atomic E-state index is 9.78. The number of hydrogen-bond acceptors (Lipinski definition) is 4. The first-order valence-electron chi connectivity index (χ1n) is 5.97. The lowest BCUT2D eigenvalue weighted by Crippen LogP contribution is -2.16. The highest BCUT2D eigenvalue weighted by Crippen LogP contribution is 2.23. The van der Waals surface area contributed by atoms with Crippen molar-refractivity contribution < 1.29 is 9.84 Å². The molecule has 1 heterocycles. The fourth-order valence-electron chi connectivity index (χ4n) is 1.50. The lowest BCUT2D eigenvalue weighted by Gasteiger charge is -2.11. The van der Waals surface area contributed by atoms with E-state index in [0.717, 1.165) is 0 Å². The van der Waals surface area contributed by atoms with E-state index in [1.165, 1.54) is 0 Å². The molecule has 0 aliphatic carbocycles. The molecule has 0 fully saturated rings. The molecule has 0 unspecified atom stereocenters. The number of hydrogen-bond donors (Lipinski definition) is 1. The summed E-state index contributed by atoms with van der Waals surface area (Å²) in [5.74, 6) is 0.645. The van der Waals surface area contributed by atoms with E-state index in [2.05, 4.69) is 10.3 Å². The summed E-state index contributed by atoms with van der Waals surface area (Å²) < 4.78 is 7.18. The molecule has 0 radical (unpaired) electrons. The van der Waals surface area contributed by atoms with Crippen LogP contribution in [0.5, 0.6) is 5.75 Å². The Kier molecular flexibility index (Phi) is 4.07. The van der Waals surface area contributed by atoms with E-state index in [1.807, 2.05) is 18.2 Å². The van der Waals surface area contributed by atoms with Crippen LogP contribution in [0.1, 0.15) is 19.5 Å². The first-order valence-corrected chi connectivity index (χ1v) is 6.35. The van der Waals surface area contributed by atoms with Crippen molar-refractivity contribution in [2.45, 2.75) is 26.0 Å². The predicted octanol–water partition coefficient (Wildman–Crippen LogP) is 2.24. The van der Waals surface area contributed by atoms with Crippen LogP contribution < -0.4 is 4.74 Å². The van der Waals surface area contributed by atoms with Crippen LogP contribution in [-0.4, -0.2) is 26.7 Å². The van der Waals surface area contributed by atoms with Crippen LogP contribution in [0.15, 0.2) is 30.5 Å². The van der Waals surface area contributed by atoms with Gasteiger partial charge in [0, 0.05) is 0 Å². The number of benzene rings is 1. The lowest BCUT2D eigenvalue weighted by molar-refractivity contribution is 0.0737. The van der Waals surface area contributed by atoms with Gasteiger partial charge < -0.3 is 9.84 Å². The van der Waals surface area contributed by atoms with Gasteiger partial charge in [-0.3, -0.25) is 0 Å². The van der Waals surface area contributed by atoms with Gasteiger partial charge in [0.05, 0.1) is 17.8 Å². The van der Waals surface area contributed by atoms with Crippen molar-refractivity contribution in [1.29, 1.82) is 0 Å². The fraction of sp³-hybridized carbons (Fsp3) is 0.385. The normalized spacial score (nSPS) is 11.6. The van der Waals surface area contributed by atoms with Crippen molar-refractivity contribution >= 4 is 11.6 Å². The summed E-state index contributed by atoms with van der Waals surface area (Å²) in [5, 5.41) is 18.2. The molecule has 0 amide bonds. The molecule has 102 valence electrons. The molecule has 2 aromatic rings. The number of halogens is 1. The predicted molar refractivity (Wildman–Crippen MR) is 72.2 cm³/mol. The summed E-state index contributed by atoms with van der Waals surface area (Å²) in [5.41, 5.74) is -0.452. The smallest absolute Gasteiger partial charge is 0.137 e. The van der Waals surface area contributed by atoms with Crippen molar-refractivity contribution in [1.82, 2.24) is 15.0 Å². The topological polar surface area (TPSA) is 60.2 Å². The molecule has 6 heteroatoms. The first kappa shape index (κ1) is 13.8. The minimum atomic E-state index is -0.984. The minimum Gasteiger partial charge on any atom is -0.490 e. The lowest BCUT2D eigenvalue weighted by atomic mass is 10.1. The molecule has 0 saturated carbocycles. The average Bonchev–Trinajstić information content (AvgIpc) is 2.80. The Morgan fingerprint density at radius 3 is 2.74 bits per heavy atom. The van der Waals surface area contributed by atoms with Crippen molar-refractivity contribution in [3.8, 4) is 5.75 Å². The van der Waals surface area contributed by atoms with Gasteiger partial charge in [-0.25, -0.2) is 4.68 Å².